The number of nitrogens with zero attached hydrogens (tertiary/aromatic N) is 6. The van der Waals surface area contributed by atoms with E-state index in [1.54, 1.807) is 11.1 Å². The van der Waals surface area contributed by atoms with Crippen molar-refractivity contribution in [2.45, 2.75) is 65.1 Å². The monoisotopic (exact) mass is 616 g/mol. The topological polar surface area (TPSA) is 102 Å². The Morgan fingerprint density at radius 2 is 1.69 bits per heavy atom. The summed E-state index contributed by atoms with van der Waals surface area (Å²) < 4.78 is 1.82. The summed E-state index contributed by atoms with van der Waals surface area (Å²) in [5, 5.41) is 16.0. The van der Waals surface area contributed by atoms with Gasteiger partial charge in [0, 0.05) is 68.9 Å². The van der Waals surface area contributed by atoms with Crippen molar-refractivity contribution in [2.24, 2.45) is 28.6 Å². The average Bonchev–Trinajstić information content (AvgIpc) is 3.33. The first-order valence-electron chi connectivity index (χ1n) is 17.0. The van der Waals surface area contributed by atoms with Crippen molar-refractivity contribution in [1.29, 1.82) is 0 Å². The molecule has 10 nitrogen and oxygen atoms in total. The zero-order valence-corrected chi connectivity index (χ0v) is 26.8. The maximum atomic E-state index is 14.2. The Morgan fingerprint density at radius 1 is 0.978 bits per heavy atom. The van der Waals surface area contributed by atoms with E-state index >= 15 is 0 Å². The average molecular weight is 617 g/mol. The lowest BCUT2D eigenvalue weighted by atomic mass is 9.70. The highest BCUT2D eigenvalue weighted by molar-refractivity contribution is 5.89. The first-order valence-corrected chi connectivity index (χ1v) is 17.0. The largest absolute Gasteiger partial charge is 0.374 e. The predicted octanol–water partition coefficient (Wildman–Crippen LogP) is 2.98. The van der Waals surface area contributed by atoms with Crippen LogP contribution in [0.4, 0.5) is 0 Å². The van der Waals surface area contributed by atoms with Crippen LogP contribution >= 0.6 is 0 Å². The third kappa shape index (κ3) is 6.03. The van der Waals surface area contributed by atoms with Crippen LogP contribution in [0.3, 0.4) is 0 Å². The molecule has 3 amide bonds. The Morgan fingerprint density at radius 3 is 2.38 bits per heavy atom. The summed E-state index contributed by atoms with van der Waals surface area (Å²) in [4.78, 5) is 48.3. The first kappa shape index (κ1) is 30.4. The first-order chi connectivity index (χ1) is 21.6. The van der Waals surface area contributed by atoms with Crippen molar-refractivity contribution in [2.75, 3.05) is 52.4 Å². The molecule has 3 saturated heterocycles. The molecule has 242 valence electrons. The van der Waals surface area contributed by atoms with Crippen molar-refractivity contribution >= 4 is 17.7 Å². The van der Waals surface area contributed by atoms with Crippen LogP contribution in [-0.2, 0) is 20.9 Å². The third-order valence-electron chi connectivity index (χ3n) is 11.4. The second-order valence-corrected chi connectivity index (χ2v) is 15.2. The molecule has 5 aliphatic rings. The van der Waals surface area contributed by atoms with E-state index in [9.17, 15) is 19.5 Å². The fraction of sp³-hybridized carbons (Fsp3) is 0.657. The zero-order chi connectivity index (χ0) is 31.3. The summed E-state index contributed by atoms with van der Waals surface area (Å²) in [6.07, 6.45) is 9.72. The van der Waals surface area contributed by atoms with Gasteiger partial charge in [0.2, 0.25) is 17.7 Å². The molecule has 2 aliphatic carbocycles. The van der Waals surface area contributed by atoms with Crippen LogP contribution in [0.2, 0.25) is 0 Å². The number of aliphatic hydroxyl groups excluding tert-OH is 1. The summed E-state index contributed by atoms with van der Waals surface area (Å²) >= 11 is 0. The van der Waals surface area contributed by atoms with Crippen LogP contribution < -0.4 is 0 Å². The van der Waals surface area contributed by atoms with Gasteiger partial charge in [0.15, 0.2) is 0 Å². The molecule has 1 spiro atoms. The quantitative estimate of drug-likeness (QED) is 0.490. The van der Waals surface area contributed by atoms with E-state index in [0.29, 0.717) is 57.3 Å². The van der Waals surface area contributed by atoms with E-state index in [4.69, 9.17) is 0 Å². The predicted molar refractivity (Wildman–Crippen MR) is 168 cm³/mol. The van der Waals surface area contributed by atoms with Crippen molar-refractivity contribution in [3.63, 3.8) is 0 Å². The fourth-order valence-corrected chi connectivity index (χ4v) is 8.41. The van der Waals surface area contributed by atoms with E-state index in [1.165, 1.54) is 32.1 Å². The maximum absolute atomic E-state index is 14.2. The number of amides is 3. The van der Waals surface area contributed by atoms with Crippen molar-refractivity contribution in [3.05, 3.63) is 53.9 Å². The minimum absolute atomic E-state index is 0.0195. The lowest BCUT2D eigenvalue weighted by molar-refractivity contribution is -0.158. The Labute approximate surface area is 266 Å². The van der Waals surface area contributed by atoms with Gasteiger partial charge in [-0.3, -0.25) is 24.0 Å². The zero-order valence-electron chi connectivity index (χ0n) is 26.8. The highest BCUT2D eigenvalue weighted by atomic mass is 16.3. The van der Waals surface area contributed by atoms with Gasteiger partial charge in [-0.25, -0.2) is 0 Å². The van der Waals surface area contributed by atoms with Gasteiger partial charge in [0.25, 0.3) is 0 Å². The number of aliphatic hydroxyl groups is 1. The lowest BCUT2D eigenvalue weighted by Gasteiger charge is -2.51. The molecule has 2 saturated carbocycles. The van der Waals surface area contributed by atoms with Gasteiger partial charge in [-0.2, -0.15) is 5.10 Å². The molecule has 1 aromatic carbocycles. The Balaban J connectivity index is 1.04. The molecule has 1 N–H and O–H groups in total. The van der Waals surface area contributed by atoms with Crippen LogP contribution in [0.25, 0.3) is 0 Å². The summed E-state index contributed by atoms with van der Waals surface area (Å²) in [6.45, 7) is 8.84. The van der Waals surface area contributed by atoms with E-state index in [2.05, 4.69) is 18.9 Å². The smallest absolute Gasteiger partial charge is 0.242 e. The van der Waals surface area contributed by atoms with Crippen LogP contribution in [0.5, 0.6) is 0 Å². The summed E-state index contributed by atoms with van der Waals surface area (Å²) in [5.74, 6) is 0.442. The number of carbonyl (C=O) groups excluding carboxylic acids is 3. The number of aromatic nitrogens is 2. The molecule has 5 fully saturated rings. The van der Waals surface area contributed by atoms with E-state index in [0.717, 1.165) is 18.5 Å². The van der Waals surface area contributed by atoms with Crippen LogP contribution in [0.15, 0.2) is 42.7 Å². The molecule has 45 heavy (non-hydrogen) atoms. The number of likely N-dealkylation sites (tertiary alicyclic amines) is 2. The highest BCUT2D eigenvalue weighted by Crippen LogP contribution is 2.55. The Bertz CT molecular complexity index is 1410. The molecule has 2 aromatic rings. The van der Waals surface area contributed by atoms with E-state index in [-0.39, 0.29) is 41.5 Å². The molecule has 3 aliphatic heterocycles. The molecule has 1 unspecified atom stereocenters. The third-order valence-corrected chi connectivity index (χ3v) is 11.4. The molecule has 0 bridgehead atoms. The minimum atomic E-state index is -0.912. The summed E-state index contributed by atoms with van der Waals surface area (Å²) in [7, 11) is 0. The molecular formula is C35H48N6O4. The molecule has 3 atom stereocenters. The van der Waals surface area contributed by atoms with Gasteiger partial charge in [-0.1, -0.05) is 63.4 Å². The highest BCUT2D eigenvalue weighted by Gasteiger charge is 2.62. The van der Waals surface area contributed by atoms with Gasteiger partial charge >= 0.3 is 0 Å². The number of rotatable bonds is 8. The Kier molecular flexibility index (Phi) is 8.01. The molecule has 0 radical (unpaired) electrons. The second kappa shape index (κ2) is 11.8. The van der Waals surface area contributed by atoms with Crippen molar-refractivity contribution in [3.8, 4) is 0 Å². The normalized spacial score (nSPS) is 27.1. The van der Waals surface area contributed by atoms with Gasteiger partial charge in [-0.05, 0) is 36.2 Å². The molecule has 4 heterocycles. The van der Waals surface area contributed by atoms with E-state index < -0.39 is 11.6 Å². The second-order valence-electron chi connectivity index (χ2n) is 15.2. The fourth-order valence-electron chi connectivity index (χ4n) is 8.41. The summed E-state index contributed by atoms with van der Waals surface area (Å²) in [6, 6.07) is 10.1. The van der Waals surface area contributed by atoms with Crippen LogP contribution in [0.1, 0.15) is 69.7 Å². The number of hydrogen-bond donors (Lipinski definition) is 1. The van der Waals surface area contributed by atoms with Gasteiger partial charge in [-0.15, -0.1) is 0 Å². The Hall–Kier alpha value is -3.24. The summed E-state index contributed by atoms with van der Waals surface area (Å²) in [5.41, 5.74) is 1.42. The lowest BCUT2D eigenvalue weighted by Crippen LogP contribution is -2.65. The number of benzene rings is 1. The molecular weight excluding hydrogens is 568 g/mol. The van der Waals surface area contributed by atoms with Crippen molar-refractivity contribution in [1.82, 2.24) is 29.4 Å². The minimum Gasteiger partial charge on any atom is -0.374 e. The van der Waals surface area contributed by atoms with Crippen molar-refractivity contribution < 1.29 is 19.5 Å². The van der Waals surface area contributed by atoms with Crippen LogP contribution in [-0.4, -0.2) is 105 Å². The number of piperazine rings is 1. The van der Waals surface area contributed by atoms with Gasteiger partial charge in [0.1, 0.15) is 6.23 Å². The van der Waals surface area contributed by atoms with Gasteiger partial charge in [0.05, 0.1) is 25.2 Å². The van der Waals surface area contributed by atoms with Crippen LogP contribution in [0, 0.1) is 28.6 Å². The molecule has 10 heteroatoms. The molecule has 7 rings (SSSR count). The maximum Gasteiger partial charge on any atom is 0.242 e. The number of hydrogen-bond acceptors (Lipinski definition) is 6. The molecule has 1 aromatic heterocycles. The van der Waals surface area contributed by atoms with Gasteiger partial charge < -0.3 is 19.8 Å². The standard InChI is InChI=1S/C35H48N6O4/c1-34(2)15-28(34)32(44)40-23-35(24-40)22-39(31(43)27-16-36-41(19-27)18-26-11-7-4-8-12-26)20-29(35)33(45)38-14-13-37(30(42)21-38)17-25-9-5-3-6-10-25/h4,7-8,11-12,16,19,25,28-29,31,43H,3,5-6,9-10,13-15,17-18,20-24H2,1-2H3/t28-,29+,31?/m1/s1. The SMILES string of the molecule is CC1(C)C[C@@H]1C(=O)N1CC2(C1)CN(C(O)c1cnn(Cc3ccccc3)c1)C[C@H]2C(=O)N1CCN(CC2CCCCC2)C(=O)C1. The van der Waals surface area contributed by atoms with E-state index in [1.807, 2.05) is 55.9 Å². The number of carbonyl (C=O) groups is 3.